The maximum Gasteiger partial charge on any atom is 0.336 e. The molecule has 6 nitrogen and oxygen atoms in total. The molecule has 1 aromatic carbocycles. The molecule has 1 aromatic heterocycles. The highest BCUT2D eigenvalue weighted by molar-refractivity contribution is 5.95. The second-order valence-corrected chi connectivity index (χ2v) is 3.77. The van der Waals surface area contributed by atoms with Gasteiger partial charge in [0.25, 0.3) is 0 Å². The third-order valence-electron chi connectivity index (χ3n) is 2.63. The van der Waals surface area contributed by atoms with Crippen molar-refractivity contribution in [3.8, 4) is 11.4 Å². The third-order valence-corrected chi connectivity index (χ3v) is 2.63. The van der Waals surface area contributed by atoms with E-state index in [0.717, 1.165) is 6.07 Å². The summed E-state index contributed by atoms with van der Waals surface area (Å²) in [5.41, 5.74) is -0.417. The SMILES string of the molecule is CNc1nnc(-c2cc(F)c(F)cc2C(=O)O)n1C. The summed E-state index contributed by atoms with van der Waals surface area (Å²) in [5.74, 6) is -3.24. The molecule has 0 radical (unpaired) electrons. The highest BCUT2D eigenvalue weighted by Crippen LogP contribution is 2.26. The summed E-state index contributed by atoms with van der Waals surface area (Å²) < 4.78 is 27.8. The monoisotopic (exact) mass is 268 g/mol. The van der Waals surface area contributed by atoms with Crippen molar-refractivity contribution in [3.63, 3.8) is 0 Å². The van der Waals surface area contributed by atoms with E-state index in [9.17, 15) is 13.6 Å². The van der Waals surface area contributed by atoms with Gasteiger partial charge in [0.2, 0.25) is 5.95 Å². The van der Waals surface area contributed by atoms with Crippen LogP contribution in [0.1, 0.15) is 10.4 Å². The van der Waals surface area contributed by atoms with Crippen LogP contribution in [0.5, 0.6) is 0 Å². The molecule has 2 rings (SSSR count). The van der Waals surface area contributed by atoms with Crippen molar-refractivity contribution in [2.45, 2.75) is 0 Å². The van der Waals surface area contributed by atoms with Gasteiger partial charge < -0.3 is 10.4 Å². The summed E-state index contributed by atoms with van der Waals surface area (Å²) in [7, 11) is 3.19. The van der Waals surface area contributed by atoms with Crippen LogP contribution >= 0.6 is 0 Å². The largest absolute Gasteiger partial charge is 0.478 e. The fourth-order valence-electron chi connectivity index (χ4n) is 1.69. The average molecular weight is 268 g/mol. The lowest BCUT2D eigenvalue weighted by Crippen LogP contribution is -2.06. The molecule has 0 amide bonds. The van der Waals surface area contributed by atoms with E-state index >= 15 is 0 Å². The van der Waals surface area contributed by atoms with Crippen LogP contribution in [-0.2, 0) is 7.05 Å². The van der Waals surface area contributed by atoms with Crippen molar-refractivity contribution in [1.29, 1.82) is 0 Å². The highest BCUT2D eigenvalue weighted by Gasteiger charge is 2.20. The second-order valence-electron chi connectivity index (χ2n) is 3.77. The first-order chi connectivity index (χ1) is 8.95. The van der Waals surface area contributed by atoms with Crippen molar-refractivity contribution >= 4 is 11.9 Å². The third kappa shape index (κ3) is 2.12. The topological polar surface area (TPSA) is 80.0 Å². The van der Waals surface area contributed by atoms with Crippen LogP contribution in [0.2, 0.25) is 0 Å². The van der Waals surface area contributed by atoms with Gasteiger partial charge in [0.05, 0.1) is 5.56 Å². The zero-order chi connectivity index (χ0) is 14.2. The van der Waals surface area contributed by atoms with E-state index < -0.39 is 17.6 Å². The summed E-state index contributed by atoms with van der Waals surface area (Å²) in [6, 6.07) is 1.42. The Balaban J connectivity index is 2.70. The van der Waals surface area contributed by atoms with E-state index in [1.807, 2.05) is 0 Å². The number of hydrogen-bond acceptors (Lipinski definition) is 4. The normalized spacial score (nSPS) is 10.5. The van der Waals surface area contributed by atoms with Gasteiger partial charge in [-0.1, -0.05) is 0 Å². The number of aromatic carboxylic acids is 1. The molecule has 0 saturated heterocycles. The van der Waals surface area contributed by atoms with Crippen LogP contribution < -0.4 is 5.32 Å². The van der Waals surface area contributed by atoms with Gasteiger partial charge in [0.15, 0.2) is 17.5 Å². The van der Waals surface area contributed by atoms with Crippen LogP contribution in [-0.4, -0.2) is 32.9 Å². The van der Waals surface area contributed by atoms with Gasteiger partial charge in [0, 0.05) is 19.7 Å². The number of hydrogen-bond donors (Lipinski definition) is 2. The molecule has 0 aliphatic carbocycles. The minimum Gasteiger partial charge on any atom is -0.478 e. The Labute approximate surface area is 106 Å². The number of halogens is 2. The summed E-state index contributed by atoms with van der Waals surface area (Å²) in [5, 5.41) is 19.3. The maximum absolute atomic E-state index is 13.3. The smallest absolute Gasteiger partial charge is 0.336 e. The molecular weight excluding hydrogens is 258 g/mol. The van der Waals surface area contributed by atoms with Crippen molar-refractivity contribution in [2.75, 3.05) is 12.4 Å². The number of benzene rings is 1. The molecule has 0 aliphatic rings. The minimum atomic E-state index is -1.37. The number of carbonyl (C=O) groups is 1. The summed E-state index contributed by atoms with van der Waals surface area (Å²) in [6.45, 7) is 0. The molecule has 19 heavy (non-hydrogen) atoms. The fourth-order valence-corrected chi connectivity index (χ4v) is 1.69. The Bertz CT molecular complexity index is 654. The summed E-state index contributed by atoms with van der Waals surface area (Å²) in [6.07, 6.45) is 0. The summed E-state index contributed by atoms with van der Waals surface area (Å²) in [4.78, 5) is 11.1. The molecule has 100 valence electrons. The molecule has 2 N–H and O–H groups in total. The number of rotatable bonds is 3. The number of carboxylic acids is 1. The Morgan fingerprint density at radius 3 is 2.47 bits per heavy atom. The second kappa shape index (κ2) is 4.63. The number of nitrogens with one attached hydrogen (secondary N) is 1. The van der Waals surface area contributed by atoms with Crippen LogP contribution in [0, 0.1) is 11.6 Å². The number of nitrogens with zero attached hydrogens (tertiary/aromatic N) is 3. The van der Waals surface area contributed by atoms with E-state index in [2.05, 4.69) is 15.5 Å². The van der Waals surface area contributed by atoms with E-state index in [4.69, 9.17) is 5.11 Å². The zero-order valence-electron chi connectivity index (χ0n) is 10.1. The number of anilines is 1. The van der Waals surface area contributed by atoms with Gasteiger partial charge in [-0.25, -0.2) is 13.6 Å². The molecule has 0 saturated carbocycles. The standard InChI is InChI=1S/C11H10F2N4O2/c1-14-11-16-15-9(17(11)2)5-3-7(12)8(13)4-6(5)10(18)19/h3-4H,1-2H3,(H,14,16)(H,18,19). The molecular formula is C11H10F2N4O2. The Kier molecular flexibility index (Phi) is 3.16. The first kappa shape index (κ1) is 12.9. The first-order valence-corrected chi connectivity index (χ1v) is 5.25. The van der Waals surface area contributed by atoms with Gasteiger partial charge in [-0.3, -0.25) is 4.57 Å². The molecule has 0 unspecified atom stereocenters. The molecule has 8 heteroatoms. The van der Waals surface area contributed by atoms with E-state index in [1.165, 1.54) is 4.57 Å². The Morgan fingerprint density at radius 1 is 1.32 bits per heavy atom. The highest BCUT2D eigenvalue weighted by atomic mass is 19.2. The number of aromatic nitrogens is 3. The van der Waals surface area contributed by atoms with Crippen molar-refractivity contribution in [2.24, 2.45) is 7.05 Å². The zero-order valence-corrected chi connectivity index (χ0v) is 10.1. The van der Waals surface area contributed by atoms with Crippen molar-refractivity contribution in [3.05, 3.63) is 29.3 Å². The van der Waals surface area contributed by atoms with Gasteiger partial charge in [-0.15, -0.1) is 10.2 Å². The van der Waals surface area contributed by atoms with E-state index in [-0.39, 0.29) is 17.0 Å². The molecule has 0 spiro atoms. The van der Waals surface area contributed by atoms with Crippen LogP contribution in [0.3, 0.4) is 0 Å². The predicted molar refractivity (Wildman–Crippen MR) is 62.9 cm³/mol. The van der Waals surface area contributed by atoms with Gasteiger partial charge in [-0.2, -0.15) is 0 Å². The lowest BCUT2D eigenvalue weighted by Gasteiger charge is -2.07. The molecule has 0 aliphatic heterocycles. The van der Waals surface area contributed by atoms with Gasteiger partial charge >= 0.3 is 5.97 Å². The molecule has 0 bridgehead atoms. The lowest BCUT2D eigenvalue weighted by atomic mass is 10.1. The van der Waals surface area contributed by atoms with Crippen molar-refractivity contribution in [1.82, 2.24) is 14.8 Å². The maximum atomic E-state index is 13.3. The Hall–Kier alpha value is -2.51. The number of carboxylic acid groups (broad SMARTS) is 1. The van der Waals surface area contributed by atoms with E-state index in [1.54, 1.807) is 14.1 Å². The van der Waals surface area contributed by atoms with Crippen molar-refractivity contribution < 1.29 is 18.7 Å². The van der Waals surface area contributed by atoms with Gasteiger partial charge in [0.1, 0.15) is 0 Å². The fraction of sp³-hybridized carbons (Fsp3) is 0.182. The molecule has 2 aromatic rings. The Morgan fingerprint density at radius 2 is 1.95 bits per heavy atom. The molecule has 0 fully saturated rings. The van der Waals surface area contributed by atoms with E-state index in [0.29, 0.717) is 12.0 Å². The average Bonchev–Trinajstić information content (AvgIpc) is 2.73. The van der Waals surface area contributed by atoms with Crippen LogP contribution in [0.15, 0.2) is 12.1 Å². The minimum absolute atomic E-state index is 0.0390. The molecule has 1 heterocycles. The summed E-state index contributed by atoms with van der Waals surface area (Å²) >= 11 is 0. The van der Waals surface area contributed by atoms with Gasteiger partial charge in [-0.05, 0) is 12.1 Å². The quantitative estimate of drug-likeness (QED) is 0.881. The lowest BCUT2D eigenvalue weighted by molar-refractivity contribution is 0.0697. The van der Waals surface area contributed by atoms with Crippen LogP contribution in [0.4, 0.5) is 14.7 Å². The van der Waals surface area contributed by atoms with Crippen LogP contribution in [0.25, 0.3) is 11.4 Å². The first-order valence-electron chi connectivity index (χ1n) is 5.25. The molecule has 0 atom stereocenters. The predicted octanol–water partition coefficient (Wildman–Crippen LogP) is 1.50.